The summed E-state index contributed by atoms with van der Waals surface area (Å²) in [4.78, 5) is 4.82. The van der Waals surface area contributed by atoms with Crippen LogP contribution in [-0.2, 0) is 13.1 Å². The molecule has 3 aromatic rings. The van der Waals surface area contributed by atoms with Crippen molar-refractivity contribution in [2.24, 2.45) is 5.92 Å². The van der Waals surface area contributed by atoms with Crippen molar-refractivity contribution in [2.75, 3.05) is 11.9 Å². The molecule has 0 fully saturated rings. The molecule has 0 amide bonds. The number of halogens is 1. The topological polar surface area (TPSA) is 39.1 Å². The SMILES string of the molecule is CCOc1ccc2nc(CNc3cccc(Cl)c3)n(CC(C)C)c2c1. The van der Waals surface area contributed by atoms with Crippen molar-refractivity contribution in [3.8, 4) is 5.75 Å². The first kappa shape index (κ1) is 17.6. The standard InChI is InChI=1S/C20H24ClN3O/c1-4-25-17-8-9-18-19(11-17)24(13-14(2)3)20(23-18)12-22-16-7-5-6-15(21)10-16/h5-11,14,22H,4,12-13H2,1-3H3. The van der Waals surface area contributed by atoms with Crippen LogP contribution in [0.15, 0.2) is 42.5 Å². The highest BCUT2D eigenvalue weighted by Gasteiger charge is 2.13. The van der Waals surface area contributed by atoms with Gasteiger partial charge in [0.1, 0.15) is 11.6 Å². The summed E-state index contributed by atoms with van der Waals surface area (Å²) in [6.07, 6.45) is 0. The van der Waals surface area contributed by atoms with Gasteiger partial charge in [0.25, 0.3) is 0 Å². The van der Waals surface area contributed by atoms with Crippen molar-refractivity contribution in [2.45, 2.75) is 33.9 Å². The quantitative estimate of drug-likeness (QED) is 0.619. The van der Waals surface area contributed by atoms with Crippen molar-refractivity contribution in [1.29, 1.82) is 0 Å². The Morgan fingerprint density at radius 3 is 2.76 bits per heavy atom. The minimum absolute atomic E-state index is 0.526. The molecule has 0 unspecified atom stereocenters. The Morgan fingerprint density at radius 2 is 2.04 bits per heavy atom. The number of hydrogen-bond acceptors (Lipinski definition) is 3. The lowest BCUT2D eigenvalue weighted by Crippen LogP contribution is -2.12. The fraction of sp³-hybridized carbons (Fsp3) is 0.350. The van der Waals surface area contributed by atoms with Gasteiger partial charge in [0, 0.05) is 23.3 Å². The molecule has 0 saturated heterocycles. The lowest BCUT2D eigenvalue weighted by Gasteiger charge is -2.13. The van der Waals surface area contributed by atoms with Crippen LogP contribution in [-0.4, -0.2) is 16.2 Å². The molecule has 0 aliphatic rings. The second-order valence-electron chi connectivity index (χ2n) is 6.48. The van der Waals surface area contributed by atoms with E-state index in [-0.39, 0.29) is 0 Å². The lowest BCUT2D eigenvalue weighted by molar-refractivity contribution is 0.340. The van der Waals surface area contributed by atoms with Gasteiger partial charge in [-0.2, -0.15) is 0 Å². The van der Waals surface area contributed by atoms with E-state index in [1.54, 1.807) is 0 Å². The number of hydrogen-bond donors (Lipinski definition) is 1. The van der Waals surface area contributed by atoms with E-state index < -0.39 is 0 Å². The number of aromatic nitrogens is 2. The Labute approximate surface area is 153 Å². The van der Waals surface area contributed by atoms with Crippen molar-refractivity contribution in [3.05, 3.63) is 53.3 Å². The first-order valence-electron chi connectivity index (χ1n) is 8.68. The van der Waals surface area contributed by atoms with E-state index in [1.807, 2.05) is 43.3 Å². The number of nitrogens with zero attached hydrogens (tertiary/aromatic N) is 2. The molecule has 0 saturated carbocycles. The highest BCUT2D eigenvalue weighted by Crippen LogP contribution is 2.24. The third-order valence-corrected chi connectivity index (χ3v) is 4.17. The molecule has 0 radical (unpaired) electrons. The van der Waals surface area contributed by atoms with Crippen LogP contribution >= 0.6 is 11.6 Å². The Kier molecular flexibility index (Phi) is 5.49. The zero-order valence-electron chi connectivity index (χ0n) is 14.9. The van der Waals surface area contributed by atoms with Gasteiger partial charge < -0.3 is 14.6 Å². The predicted octanol–water partition coefficient (Wildman–Crippen LogP) is 5.36. The summed E-state index contributed by atoms with van der Waals surface area (Å²) in [5, 5.41) is 4.14. The molecule has 1 heterocycles. The largest absolute Gasteiger partial charge is 0.494 e. The third-order valence-electron chi connectivity index (χ3n) is 3.93. The number of rotatable bonds is 7. The van der Waals surface area contributed by atoms with Gasteiger partial charge in [-0.25, -0.2) is 4.98 Å². The van der Waals surface area contributed by atoms with Crippen LogP contribution in [0.2, 0.25) is 5.02 Å². The fourth-order valence-electron chi connectivity index (χ4n) is 2.89. The molecule has 5 heteroatoms. The molecule has 0 bridgehead atoms. The molecule has 0 spiro atoms. The molecular formula is C20H24ClN3O. The van der Waals surface area contributed by atoms with Gasteiger partial charge in [-0.1, -0.05) is 31.5 Å². The molecule has 0 aliphatic heterocycles. The maximum Gasteiger partial charge on any atom is 0.129 e. The number of imidazole rings is 1. The normalized spacial score (nSPS) is 11.2. The Bertz CT molecular complexity index is 857. The molecule has 3 rings (SSSR count). The molecule has 4 nitrogen and oxygen atoms in total. The molecule has 0 atom stereocenters. The van der Waals surface area contributed by atoms with Gasteiger partial charge in [0.2, 0.25) is 0 Å². The summed E-state index contributed by atoms with van der Waals surface area (Å²) < 4.78 is 7.93. The molecule has 1 aromatic heterocycles. The number of anilines is 1. The Morgan fingerprint density at radius 1 is 1.20 bits per heavy atom. The van der Waals surface area contributed by atoms with Crippen molar-refractivity contribution < 1.29 is 4.74 Å². The summed E-state index contributed by atoms with van der Waals surface area (Å²) in [5.74, 6) is 2.42. The lowest BCUT2D eigenvalue weighted by atomic mass is 10.2. The van der Waals surface area contributed by atoms with Crippen LogP contribution in [0, 0.1) is 5.92 Å². The minimum atomic E-state index is 0.526. The van der Waals surface area contributed by atoms with E-state index in [4.69, 9.17) is 21.3 Å². The van der Waals surface area contributed by atoms with E-state index in [2.05, 4.69) is 29.8 Å². The Hall–Kier alpha value is -2.20. The van der Waals surface area contributed by atoms with E-state index in [0.717, 1.165) is 39.9 Å². The van der Waals surface area contributed by atoms with E-state index >= 15 is 0 Å². The average Bonchev–Trinajstić information content (AvgIpc) is 2.90. The van der Waals surface area contributed by atoms with Crippen molar-refractivity contribution >= 4 is 28.3 Å². The fourth-order valence-corrected chi connectivity index (χ4v) is 3.08. The van der Waals surface area contributed by atoms with Crippen molar-refractivity contribution in [3.63, 3.8) is 0 Å². The van der Waals surface area contributed by atoms with Crippen LogP contribution in [0.25, 0.3) is 11.0 Å². The van der Waals surface area contributed by atoms with Crippen LogP contribution in [0.4, 0.5) is 5.69 Å². The smallest absolute Gasteiger partial charge is 0.129 e. The summed E-state index contributed by atoms with van der Waals surface area (Å²) in [6.45, 7) is 8.64. The van der Waals surface area contributed by atoms with Crippen LogP contribution in [0.1, 0.15) is 26.6 Å². The molecule has 2 aromatic carbocycles. The summed E-state index contributed by atoms with van der Waals surface area (Å²) in [6, 6.07) is 13.8. The van der Waals surface area contributed by atoms with Gasteiger partial charge in [-0.05, 0) is 43.2 Å². The highest BCUT2D eigenvalue weighted by atomic mass is 35.5. The zero-order valence-corrected chi connectivity index (χ0v) is 15.7. The zero-order chi connectivity index (χ0) is 17.8. The van der Waals surface area contributed by atoms with E-state index in [0.29, 0.717) is 19.1 Å². The second kappa shape index (κ2) is 7.79. The molecule has 0 aliphatic carbocycles. The summed E-state index contributed by atoms with van der Waals surface area (Å²) in [7, 11) is 0. The van der Waals surface area contributed by atoms with Crippen LogP contribution in [0.5, 0.6) is 5.75 Å². The van der Waals surface area contributed by atoms with Gasteiger partial charge in [-0.3, -0.25) is 0 Å². The van der Waals surface area contributed by atoms with Crippen LogP contribution in [0.3, 0.4) is 0 Å². The number of fused-ring (bicyclic) bond motifs is 1. The average molecular weight is 358 g/mol. The Balaban J connectivity index is 1.92. The molecule has 1 N–H and O–H groups in total. The maximum absolute atomic E-state index is 6.06. The van der Waals surface area contributed by atoms with Gasteiger partial charge >= 0.3 is 0 Å². The van der Waals surface area contributed by atoms with Gasteiger partial charge in [0.15, 0.2) is 0 Å². The van der Waals surface area contributed by atoms with Gasteiger partial charge in [0.05, 0.1) is 24.2 Å². The number of ether oxygens (including phenoxy) is 1. The molecular weight excluding hydrogens is 334 g/mol. The summed E-state index contributed by atoms with van der Waals surface area (Å²) >= 11 is 6.06. The first-order valence-corrected chi connectivity index (χ1v) is 9.06. The van der Waals surface area contributed by atoms with Crippen LogP contribution < -0.4 is 10.1 Å². The maximum atomic E-state index is 6.06. The molecule has 25 heavy (non-hydrogen) atoms. The minimum Gasteiger partial charge on any atom is -0.494 e. The number of benzene rings is 2. The first-order chi connectivity index (χ1) is 12.1. The monoisotopic (exact) mass is 357 g/mol. The predicted molar refractivity (Wildman–Crippen MR) is 105 cm³/mol. The van der Waals surface area contributed by atoms with E-state index in [9.17, 15) is 0 Å². The van der Waals surface area contributed by atoms with Gasteiger partial charge in [-0.15, -0.1) is 0 Å². The summed E-state index contributed by atoms with van der Waals surface area (Å²) in [5.41, 5.74) is 3.10. The highest BCUT2D eigenvalue weighted by molar-refractivity contribution is 6.30. The second-order valence-corrected chi connectivity index (χ2v) is 6.92. The van der Waals surface area contributed by atoms with E-state index in [1.165, 1.54) is 0 Å². The van der Waals surface area contributed by atoms with Crippen molar-refractivity contribution in [1.82, 2.24) is 9.55 Å². The third kappa shape index (κ3) is 4.26. The molecule has 132 valence electrons. The number of nitrogens with one attached hydrogen (secondary N) is 1.